The first-order valence-corrected chi connectivity index (χ1v) is 7.60. The van der Waals surface area contributed by atoms with E-state index in [-0.39, 0.29) is 5.91 Å². The van der Waals surface area contributed by atoms with Crippen molar-refractivity contribution in [2.75, 3.05) is 5.32 Å². The molecule has 0 saturated heterocycles. The smallest absolute Gasteiger partial charge is 0.263 e. The molecule has 4 nitrogen and oxygen atoms in total. The van der Waals surface area contributed by atoms with E-state index in [2.05, 4.69) is 27.8 Å². The van der Waals surface area contributed by atoms with E-state index >= 15 is 0 Å². The topological polar surface area (TPSA) is 54.0 Å². The molecule has 104 valence electrons. The lowest BCUT2D eigenvalue weighted by atomic mass is 10.2. The number of hydrogen-bond donors (Lipinski definition) is 2. The molecule has 1 saturated carbocycles. The van der Waals surface area contributed by atoms with Gasteiger partial charge in [0.2, 0.25) is 0 Å². The molecule has 2 aromatic rings. The number of nitrogens with zero attached hydrogens (tertiary/aromatic N) is 1. The van der Waals surface area contributed by atoms with Crippen molar-refractivity contribution in [3.8, 4) is 0 Å². The highest BCUT2D eigenvalue weighted by Gasteiger charge is 2.25. The van der Waals surface area contributed by atoms with E-state index in [1.165, 1.54) is 16.9 Å². The van der Waals surface area contributed by atoms with Crippen molar-refractivity contribution >= 4 is 22.4 Å². The Hall–Kier alpha value is -1.88. The van der Waals surface area contributed by atoms with Crippen molar-refractivity contribution in [2.45, 2.75) is 32.4 Å². The van der Waals surface area contributed by atoms with Crippen LogP contribution >= 0.6 is 11.3 Å². The molecular formula is C15H17N3OS. The van der Waals surface area contributed by atoms with Gasteiger partial charge in [0.15, 0.2) is 5.13 Å². The van der Waals surface area contributed by atoms with Crippen molar-refractivity contribution in [1.82, 2.24) is 10.3 Å². The molecule has 1 aliphatic rings. The number of anilines is 1. The summed E-state index contributed by atoms with van der Waals surface area (Å²) in [5, 5.41) is 7.07. The summed E-state index contributed by atoms with van der Waals surface area (Å²) in [6, 6.07) is 10.5. The van der Waals surface area contributed by atoms with Gasteiger partial charge in [-0.2, -0.15) is 0 Å². The number of carbonyl (C=O) groups excluding carboxylic acids is 1. The molecule has 1 aromatic carbocycles. The predicted octanol–water partition coefficient (Wildman–Crippen LogP) is 2.96. The largest absolute Gasteiger partial charge is 0.357 e. The first-order chi connectivity index (χ1) is 9.72. The monoisotopic (exact) mass is 287 g/mol. The lowest BCUT2D eigenvalue weighted by Gasteiger charge is -2.02. The van der Waals surface area contributed by atoms with E-state index in [0.29, 0.717) is 10.9 Å². The van der Waals surface area contributed by atoms with Gasteiger partial charge < -0.3 is 10.6 Å². The van der Waals surface area contributed by atoms with E-state index < -0.39 is 0 Å². The van der Waals surface area contributed by atoms with Gasteiger partial charge >= 0.3 is 0 Å². The van der Waals surface area contributed by atoms with Crippen LogP contribution in [0.25, 0.3) is 0 Å². The molecular weight excluding hydrogens is 270 g/mol. The van der Waals surface area contributed by atoms with Gasteiger partial charge in [0.1, 0.15) is 4.88 Å². The number of nitrogens with one attached hydrogen (secondary N) is 2. The fraction of sp³-hybridized carbons (Fsp3) is 0.333. The fourth-order valence-corrected chi connectivity index (χ4v) is 2.80. The van der Waals surface area contributed by atoms with Crippen molar-refractivity contribution in [3.63, 3.8) is 0 Å². The van der Waals surface area contributed by atoms with Gasteiger partial charge in [-0.3, -0.25) is 4.79 Å². The maximum Gasteiger partial charge on any atom is 0.263 e. The third-order valence-corrected chi connectivity index (χ3v) is 4.32. The molecule has 1 aliphatic carbocycles. The van der Waals surface area contributed by atoms with Crippen molar-refractivity contribution in [1.29, 1.82) is 0 Å². The number of rotatable bonds is 5. The first-order valence-electron chi connectivity index (χ1n) is 6.78. The second kappa shape index (κ2) is 5.63. The number of aromatic nitrogens is 1. The third kappa shape index (κ3) is 3.17. The van der Waals surface area contributed by atoms with Gasteiger partial charge in [-0.25, -0.2) is 4.98 Å². The predicted molar refractivity (Wildman–Crippen MR) is 81.1 cm³/mol. The summed E-state index contributed by atoms with van der Waals surface area (Å²) >= 11 is 1.42. The molecule has 0 bridgehead atoms. The van der Waals surface area contributed by atoms with E-state index in [4.69, 9.17) is 0 Å². The number of carbonyl (C=O) groups is 1. The van der Waals surface area contributed by atoms with Crippen LogP contribution in [-0.2, 0) is 6.54 Å². The number of aryl methyl sites for hydroxylation is 1. The van der Waals surface area contributed by atoms with Crippen molar-refractivity contribution in [3.05, 3.63) is 46.5 Å². The van der Waals surface area contributed by atoms with Crippen LogP contribution in [-0.4, -0.2) is 16.9 Å². The molecule has 0 atom stereocenters. The van der Waals surface area contributed by atoms with Crippen LogP contribution in [0.2, 0.25) is 0 Å². The van der Waals surface area contributed by atoms with Crippen LogP contribution in [0, 0.1) is 6.92 Å². The Morgan fingerprint density at radius 3 is 2.80 bits per heavy atom. The Bertz CT molecular complexity index is 605. The fourth-order valence-electron chi connectivity index (χ4n) is 1.93. The van der Waals surface area contributed by atoms with Crippen LogP contribution < -0.4 is 10.6 Å². The van der Waals surface area contributed by atoms with Crippen molar-refractivity contribution < 1.29 is 4.79 Å². The highest BCUT2D eigenvalue weighted by molar-refractivity contribution is 7.17. The molecule has 1 fully saturated rings. The Kier molecular flexibility index (Phi) is 3.69. The lowest BCUT2D eigenvalue weighted by molar-refractivity contribution is 0.0954. The van der Waals surface area contributed by atoms with Gasteiger partial charge in [0, 0.05) is 12.6 Å². The van der Waals surface area contributed by atoms with Crippen LogP contribution in [0.4, 0.5) is 5.13 Å². The summed E-state index contributed by atoms with van der Waals surface area (Å²) in [7, 11) is 0. The summed E-state index contributed by atoms with van der Waals surface area (Å²) in [4.78, 5) is 17.2. The highest BCUT2D eigenvalue weighted by atomic mass is 32.1. The Morgan fingerprint density at radius 1 is 1.35 bits per heavy atom. The minimum atomic E-state index is 0.00950. The highest BCUT2D eigenvalue weighted by Crippen LogP contribution is 2.25. The van der Waals surface area contributed by atoms with Crippen LogP contribution in [0.3, 0.4) is 0 Å². The third-order valence-electron chi connectivity index (χ3n) is 3.20. The SMILES string of the molecule is Cc1nc(NCc2ccccc2)sc1C(=O)NC1CC1. The van der Waals surface area contributed by atoms with Crippen molar-refractivity contribution in [2.24, 2.45) is 0 Å². The first kappa shape index (κ1) is 13.1. The zero-order valence-corrected chi connectivity index (χ0v) is 12.2. The van der Waals surface area contributed by atoms with E-state index in [1.807, 2.05) is 25.1 Å². The molecule has 0 radical (unpaired) electrons. The van der Waals surface area contributed by atoms with E-state index in [0.717, 1.165) is 30.2 Å². The minimum absolute atomic E-state index is 0.00950. The van der Waals surface area contributed by atoms with Crippen LogP contribution in [0.15, 0.2) is 30.3 Å². The van der Waals surface area contributed by atoms with Crippen LogP contribution in [0.5, 0.6) is 0 Å². The number of thiazole rings is 1. The molecule has 3 rings (SSSR count). The summed E-state index contributed by atoms with van der Waals surface area (Å²) < 4.78 is 0. The van der Waals surface area contributed by atoms with Gasteiger partial charge in [-0.15, -0.1) is 0 Å². The molecule has 1 heterocycles. The number of hydrogen-bond acceptors (Lipinski definition) is 4. The maximum absolute atomic E-state index is 12.0. The number of amides is 1. The van der Waals surface area contributed by atoms with E-state index in [1.54, 1.807) is 0 Å². The average molecular weight is 287 g/mol. The van der Waals surface area contributed by atoms with Gasteiger partial charge in [-0.05, 0) is 25.3 Å². The van der Waals surface area contributed by atoms with Gasteiger partial charge in [-0.1, -0.05) is 41.7 Å². The second-order valence-electron chi connectivity index (χ2n) is 5.02. The zero-order valence-electron chi connectivity index (χ0n) is 11.3. The quantitative estimate of drug-likeness (QED) is 0.889. The molecule has 5 heteroatoms. The zero-order chi connectivity index (χ0) is 13.9. The van der Waals surface area contributed by atoms with Crippen LogP contribution in [0.1, 0.15) is 33.8 Å². The Morgan fingerprint density at radius 2 is 2.10 bits per heavy atom. The second-order valence-corrected chi connectivity index (χ2v) is 6.02. The minimum Gasteiger partial charge on any atom is -0.357 e. The molecule has 1 aromatic heterocycles. The van der Waals surface area contributed by atoms with E-state index in [9.17, 15) is 4.79 Å². The standard InChI is InChI=1S/C15H17N3OS/c1-10-13(14(19)18-12-7-8-12)20-15(17-10)16-9-11-5-3-2-4-6-11/h2-6,12H,7-9H2,1H3,(H,16,17)(H,18,19). The number of benzene rings is 1. The van der Waals surface area contributed by atoms with Gasteiger partial charge in [0.25, 0.3) is 5.91 Å². The summed E-state index contributed by atoms with van der Waals surface area (Å²) in [5.74, 6) is 0.00950. The lowest BCUT2D eigenvalue weighted by Crippen LogP contribution is -2.25. The summed E-state index contributed by atoms with van der Waals surface area (Å²) in [6.07, 6.45) is 2.20. The summed E-state index contributed by atoms with van der Waals surface area (Å²) in [5.41, 5.74) is 1.99. The average Bonchev–Trinajstić information content (AvgIpc) is 3.18. The molecule has 0 aliphatic heterocycles. The summed E-state index contributed by atoms with van der Waals surface area (Å²) in [6.45, 7) is 2.60. The molecule has 0 spiro atoms. The molecule has 20 heavy (non-hydrogen) atoms. The Labute approximate surface area is 122 Å². The maximum atomic E-state index is 12.0. The molecule has 0 unspecified atom stereocenters. The normalized spacial score (nSPS) is 14.1. The molecule has 2 N–H and O–H groups in total. The van der Waals surface area contributed by atoms with Gasteiger partial charge in [0.05, 0.1) is 5.69 Å². The Balaban J connectivity index is 1.64. The molecule has 1 amide bonds.